The van der Waals surface area contributed by atoms with Gasteiger partial charge in [0.1, 0.15) is 19.2 Å². The number of rotatable bonds is 9. The van der Waals surface area contributed by atoms with Crippen molar-refractivity contribution < 1.29 is 14.3 Å². The number of benzene rings is 1. The van der Waals surface area contributed by atoms with E-state index in [0.717, 1.165) is 65.6 Å². The summed E-state index contributed by atoms with van der Waals surface area (Å²) >= 11 is 0. The molecule has 218 valence electrons. The maximum Gasteiger partial charge on any atom is 0.407 e. The van der Waals surface area contributed by atoms with Crippen molar-refractivity contribution in [3.8, 4) is 22.5 Å². The summed E-state index contributed by atoms with van der Waals surface area (Å²) in [5, 5.41) is 12.2. The Morgan fingerprint density at radius 2 is 1.98 bits per heavy atom. The van der Waals surface area contributed by atoms with E-state index < -0.39 is 8.07 Å². The van der Waals surface area contributed by atoms with Gasteiger partial charge in [-0.3, -0.25) is 0 Å². The first-order chi connectivity index (χ1) is 19.5. The van der Waals surface area contributed by atoms with Gasteiger partial charge in [0.05, 0.1) is 11.4 Å². The lowest BCUT2D eigenvalue weighted by molar-refractivity contribution is 0.0799. The molecule has 1 atom stereocenters. The number of fused-ring (bicyclic) bond motifs is 2. The summed E-state index contributed by atoms with van der Waals surface area (Å²) in [6.07, 6.45) is 5.55. The minimum atomic E-state index is -1.21. The molecule has 0 saturated carbocycles. The molecule has 0 radical (unpaired) electrons. The van der Waals surface area contributed by atoms with Gasteiger partial charge in [0.25, 0.3) is 0 Å². The number of aryl methyl sites for hydroxylation is 2. The van der Waals surface area contributed by atoms with Crippen molar-refractivity contribution in [2.75, 3.05) is 13.7 Å². The van der Waals surface area contributed by atoms with E-state index in [1.807, 2.05) is 15.4 Å². The number of aromatic nitrogens is 5. The first-order valence-electron chi connectivity index (χ1n) is 14.5. The molecular formula is C31H42N6O3Si. The molecule has 0 spiro atoms. The van der Waals surface area contributed by atoms with Crippen LogP contribution in [0, 0.1) is 6.92 Å². The first kappa shape index (κ1) is 29.0. The molecule has 4 aromatic rings. The van der Waals surface area contributed by atoms with E-state index in [0.29, 0.717) is 6.73 Å². The lowest BCUT2D eigenvalue weighted by Gasteiger charge is -2.25. The van der Waals surface area contributed by atoms with Gasteiger partial charge < -0.3 is 14.8 Å². The van der Waals surface area contributed by atoms with Gasteiger partial charge in [0, 0.05) is 51.0 Å². The molecule has 1 aliphatic carbocycles. The zero-order valence-electron chi connectivity index (χ0n) is 25.3. The summed E-state index contributed by atoms with van der Waals surface area (Å²) in [6, 6.07) is 9.87. The normalized spacial score (nSPS) is 15.4. The Balaban J connectivity index is 1.55. The fourth-order valence-electron chi connectivity index (χ4n) is 5.57. The highest BCUT2D eigenvalue weighted by Crippen LogP contribution is 2.39. The number of ether oxygens (including phenoxy) is 2. The standard InChI is InChI=1S/C31H42N6O3Si/c1-20(2)27-28(24-9-8-23-16-26(40-31(38)32-4)11-10-22(23)15-24)35-37(19-39-12-13-41(5,6)7)29(27)25-14-21(3)30-33-18-34-36(30)17-25/h8-9,14-15,17-18,20,26H,10-13,16,19H2,1-7H3,(H,32,38). The van der Waals surface area contributed by atoms with Gasteiger partial charge >= 0.3 is 6.09 Å². The van der Waals surface area contributed by atoms with Crippen LogP contribution < -0.4 is 5.32 Å². The molecule has 9 nitrogen and oxygen atoms in total. The third-order valence-electron chi connectivity index (χ3n) is 7.75. The molecule has 3 aromatic heterocycles. The highest BCUT2D eigenvalue weighted by Gasteiger charge is 2.26. The maximum absolute atomic E-state index is 11.7. The van der Waals surface area contributed by atoms with Crippen LogP contribution in [0.25, 0.3) is 28.2 Å². The summed E-state index contributed by atoms with van der Waals surface area (Å²) in [5.74, 6) is 0.226. The van der Waals surface area contributed by atoms with Crippen LogP contribution in [0.1, 0.15) is 48.4 Å². The Morgan fingerprint density at radius 1 is 1.17 bits per heavy atom. The highest BCUT2D eigenvalue weighted by molar-refractivity contribution is 6.76. The smallest absolute Gasteiger partial charge is 0.407 e. The third kappa shape index (κ3) is 6.38. The molecule has 1 amide bonds. The molecule has 0 fully saturated rings. The second-order valence-corrected chi connectivity index (χ2v) is 18.2. The van der Waals surface area contributed by atoms with Crippen LogP contribution in [0.3, 0.4) is 0 Å². The Kier molecular flexibility index (Phi) is 8.33. The lowest BCUT2D eigenvalue weighted by Crippen LogP contribution is -2.30. The quantitative estimate of drug-likeness (QED) is 0.188. The van der Waals surface area contributed by atoms with Crippen molar-refractivity contribution in [1.82, 2.24) is 29.7 Å². The Morgan fingerprint density at radius 3 is 2.71 bits per heavy atom. The zero-order chi connectivity index (χ0) is 29.3. The number of carbonyl (C=O) groups is 1. The molecule has 1 aliphatic rings. The van der Waals surface area contributed by atoms with Crippen LogP contribution in [0.5, 0.6) is 0 Å². The number of pyridine rings is 1. The van der Waals surface area contributed by atoms with Crippen molar-refractivity contribution in [3.05, 3.63) is 59.0 Å². The third-order valence-corrected chi connectivity index (χ3v) is 9.45. The molecule has 1 unspecified atom stereocenters. The fourth-order valence-corrected chi connectivity index (χ4v) is 6.32. The molecule has 0 saturated heterocycles. The van der Waals surface area contributed by atoms with Gasteiger partial charge in [-0.25, -0.2) is 19.0 Å². The van der Waals surface area contributed by atoms with Crippen molar-refractivity contribution in [3.63, 3.8) is 0 Å². The monoisotopic (exact) mass is 574 g/mol. The molecule has 10 heteroatoms. The van der Waals surface area contributed by atoms with Crippen LogP contribution in [-0.2, 0) is 29.0 Å². The van der Waals surface area contributed by atoms with E-state index >= 15 is 0 Å². The number of carbonyl (C=O) groups excluding carboxylic acids is 1. The van der Waals surface area contributed by atoms with E-state index in [-0.39, 0.29) is 18.1 Å². The van der Waals surface area contributed by atoms with Gasteiger partial charge in [-0.15, -0.1) is 0 Å². The SMILES string of the molecule is CNC(=O)OC1CCc2cc(-c3nn(COCC[Si](C)(C)C)c(-c4cc(C)c5ncnn5c4)c3C(C)C)ccc2C1. The van der Waals surface area contributed by atoms with Crippen molar-refractivity contribution in [1.29, 1.82) is 0 Å². The van der Waals surface area contributed by atoms with Gasteiger partial charge in [0.15, 0.2) is 5.65 Å². The number of hydrogen-bond donors (Lipinski definition) is 1. The topological polar surface area (TPSA) is 95.6 Å². The maximum atomic E-state index is 11.7. The Bertz CT molecular complexity index is 1550. The summed E-state index contributed by atoms with van der Waals surface area (Å²) in [6.45, 7) is 14.7. The van der Waals surface area contributed by atoms with Crippen molar-refractivity contribution in [2.45, 2.75) is 84.5 Å². The van der Waals surface area contributed by atoms with E-state index in [1.54, 1.807) is 13.4 Å². The number of hydrogen-bond acceptors (Lipinski definition) is 6. The van der Waals surface area contributed by atoms with Gasteiger partial charge in [-0.2, -0.15) is 10.2 Å². The van der Waals surface area contributed by atoms with Crippen LogP contribution >= 0.6 is 0 Å². The van der Waals surface area contributed by atoms with Gasteiger partial charge in [-0.05, 0) is 60.6 Å². The van der Waals surface area contributed by atoms with Gasteiger partial charge in [0.2, 0.25) is 0 Å². The fraction of sp³-hybridized carbons (Fsp3) is 0.484. The second-order valence-electron chi connectivity index (χ2n) is 12.6. The highest BCUT2D eigenvalue weighted by atomic mass is 28.3. The average molecular weight is 575 g/mol. The van der Waals surface area contributed by atoms with Crippen LogP contribution in [0.4, 0.5) is 4.79 Å². The molecule has 0 aliphatic heterocycles. The number of nitrogens with one attached hydrogen (secondary N) is 1. The summed E-state index contributed by atoms with van der Waals surface area (Å²) in [7, 11) is 0.377. The molecular weight excluding hydrogens is 532 g/mol. The van der Waals surface area contributed by atoms with E-state index in [2.05, 4.69) is 80.1 Å². The van der Waals surface area contributed by atoms with Crippen molar-refractivity contribution in [2.24, 2.45) is 0 Å². The number of nitrogens with zero attached hydrogens (tertiary/aromatic N) is 5. The Labute approximate surface area is 243 Å². The average Bonchev–Trinajstić information content (AvgIpc) is 3.55. The minimum absolute atomic E-state index is 0.103. The molecule has 1 N–H and O–H groups in total. The minimum Gasteiger partial charge on any atom is -0.446 e. The molecule has 5 rings (SSSR count). The molecule has 41 heavy (non-hydrogen) atoms. The largest absolute Gasteiger partial charge is 0.446 e. The van der Waals surface area contributed by atoms with E-state index in [9.17, 15) is 4.79 Å². The van der Waals surface area contributed by atoms with Crippen LogP contribution in [0.2, 0.25) is 25.7 Å². The predicted octanol–water partition coefficient (Wildman–Crippen LogP) is 6.22. The van der Waals surface area contributed by atoms with Gasteiger partial charge in [-0.1, -0.05) is 45.6 Å². The molecule has 0 bridgehead atoms. The zero-order valence-corrected chi connectivity index (χ0v) is 26.3. The molecule has 3 heterocycles. The number of amides is 1. The van der Waals surface area contributed by atoms with Crippen molar-refractivity contribution >= 4 is 19.8 Å². The Hall–Kier alpha value is -3.50. The first-order valence-corrected chi connectivity index (χ1v) is 18.2. The second kappa shape index (κ2) is 11.8. The lowest BCUT2D eigenvalue weighted by atomic mass is 9.86. The summed E-state index contributed by atoms with van der Waals surface area (Å²) in [5.41, 5.74) is 9.79. The van der Waals surface area contributed by atoms with Crippen LogP contribution in [0.15, 0.2) is 36.8 Å². The summed E-state index contributed by atoms with van der Waals surface area (Å²) in [4.78, 5) is 16.2. The van der Waals surface area contributed by atoms with E-state index in [1.165, 1.54) is 16.7 Å². The van der Waals surface area contributed by atoms with Crippen LogP contribution in [-0.4, -0.2) is 58.3 Å². The predicted molar refractivity (Wildman–Crippen MR) is 164 cm³/mol. The summed E-state index contributed by atoms with van der Waals surface area (Å²) < 4.78 is 15.7. The van der Waals surface area contributed by atoms with E-state index in [4.69, 9.17) is 14.6 Å². The molecule has 1 aromatic carbocycles. The number of alkyl carbamates (subject to hydrolysis) is 1.